The van der Waals surface area contributed by atoms with Crippen LogP contribution in [0.1, 0.15) is 32.6 Å². The Balaban J connectivity index is 1.59. The highest BCUT2D eigenvalue weighted by molar-refractivity contribution is 6.33. The number of fused-ring (bicyclic) bond motifs is 2. The number of rotatable bonds is 2. The third kappa shape index (κ3) is 3.90. The number of hydrogen-bond acceptors (Lipinski definition) is 2. The zero-order chi connectivity index (χ0) is 21.0. The Morgan fingerprint density at radius 2 is 1.32 bits per heavy atom. The second-order valence-electron chi connectivity index (χ2n) is 7.22. The number of ketones is 1. The van der Waals surface area contributed by atoms with Crippen LogP contribution >= 0.6 is 0 Å². The Kier molecular flexibility index (Phi) is 4.92. The molecule has 0 unspecified atom stereocenters. The quantitative estimate of drug-likeness (QED) is 0.280. The van der Waals surface area contributed by atoms with E-state index in [1.807, 2.05) is 109 Å². The Morgan fingerprint density at radius 1 is 0.645 bits per heavy atom. The number of carbonyl (C=O) groups excluding carboxylic acids is 1. The van der Waals surface area contributed by atoms with Crippen molar-refractivity contribution in [1.82, 2.24) is 0 Å². The fraction of sp³-hybridized carbons (Fsp3) is 0. The van der Waals surface area contributed by atoms with Gasteiger partial charge in [-0.25, -0.2) is 0 Å². The highest BCUT2D eigenvalue weighted by Gasteiger charge is 2.22. The van der Waals surface area contributed by atoms with Crippen molar-refractivity contribution in [1.29, 1.82) is 0 Å². The number of hydrogen-bond donors (Lipinski definition) is 0. The lowest BCUT2D eigenvalue weighted by Crippen LogP contribution is -2.02. The summed E-state index contributed by atoms with van der Waals surface area (Å²) >= 11 is 0. The van der Waals surface area contributed by atoms with Crippen LogP contribution < -0.4 is 4.74 Å². The molecule has 5 rings (SSSR count). The summed E-state index contributed by atoms with van der Waals surface area (Å²) in [5.41, 5.74) is 4.71. The highest BCUT2D eigenvalue weighted by Crippen LogP contribution is 2.39. The zero-order valence-electron chi connectivity index (χ0n) is 16.7. The van der Waals surface area contributed by atoms with Gasteiger partial charge in [-0.3, -0.25) is 4.79 Å². The van der Waals surface area contributed by atoms with Gasteiger partial charge in [0, 0.05) is 33.4 Å². The molecule has 2 heteroatoms. The van der Waals surface area contributed by atoms with Gasteiger partial charge in [-0.2, -0.15) is 0 Å². The standard InChI is InChI=1S/C29H18O2/c30-29(23-11-5-2-6-12-23)26-20-24-18-17-22(16-15-21-9-3-1-4-10-21)19-28(24)31-27-14-8-7-13-25(26)27/h1-14,17-20H. The summed E-state index contributed by atoms with van der Waals surface area (Å²) in [5, 5.41) is 0. The Bertz CT molecular complexity index is 1350. The van der Waals surface area contributed by atoms with Crippen molar-refractivity contribution >= 4 is 17.4 Å². The zero-order valence-corrected chi connectivity index (χ0v) is 16.7. The van der Waals surface area contributed by atoms with Crippen LogP contribution in [0.4, 0.5) is 0 Å². The summed E-state index contributed by atoms with van der Waals surface area (Å²) < 4.78 is 6.24. The summed E-state index contributed by atoms with van der Waals surface area (Å²) in [5.74, 6) is 7.68. The van der Waals surface area contributed by atoms with Crippen LogP contribution in [-0.2, 0) is 0 Å². The minimum atomic E-state index is -0.0301. The first-order valence-corrected chi connectivity index (χ1v) is 10.1. The third-order valence-corrected chi connectivity index (χ3v) is 5.12. The van der Waals surface area contributed by atoms with Crippen LogP contribution in [0.5, 0.6) is 11.5 Å². The molecule has 1 heterocycles. The topological polar surface area (TPSA) is 26.3 Å². The van der Waals surface area contributed by atoms with E-state index in [0.29, 0.717) is 22.6 Å². The lowest BCUT2D eigenvalue weighted by Gasteiger charge is -2.10. The Hall–Kier alpha value is -4.35. The van der Waals surface area contributed by atoms with Crippen LogP contribution in [-0.4, -0.2) is 5.78 Å². The molecule has 0 aromatic heterocycles. The maximum Gasteiger partial charge on any atom is 0.193 e. The fourth-order valence-corrected chi connectivity index (χ4v) is 3.55. The molecule has 0 spiro atoms. The molecule has 4 aromatic carbocycles. The van der Waals surface area contributed by atoms with Crippen molar-refractivity contribution in [3.8, 4) is 23.3 Å². The summed E-state index contributed by atoms with van der Waals surface area (Å²) in [4.78, 5) is 13.3. The monoisotopic (exact) mass is 398 g/mol. The van der Waals surface area contributed by atoms with E-state index in [1.165, 1.54) is 0 Å². The molecule has 0 aliphatic carbocycles. The number of Topliss-reactive ketones (excluding diaryl/α,β-unsaturated/α-hetero) is 1. The number of allylic oxidation sites excluding steroid dienone is 1. The lowest BCUT2D eigenvalue weighted by atomic mass is 9.94. The molecule has 0 fully saturated rings. The average Bonchev–Trinajstić information content (AvgIpc) is 3.00. The van der Waals surface area contributed by atoms with Crippen molar-refractivity contribution in [3.05, 3.63) is 131 Å². The van der Waals surface area contributed by atoms with Gasteiger partial charge < -0.3 is 4.74 Å². The Labute approximate surface area is 181 Å². The maximum absolute atomic E-state index is 13.3. The SMILES string of the molecule is O=C(C1=Cc2ccc(C#Cc3ccccc3)cc2Oc2ccccc21)c1ccccc1. The van der Waals surface area contributed by atoms with Gasteiger partial charge in [0.15, 0.2) is 5.78 Å². The molecule has 4 aromatic rings. The van der Waals surface area contributed by atoms with Crippen LogP contribution in [0.3, 0.4) is 0 Å². The van der Waals surface area contributed by atoms with Crippen molar-refractivity contribution in [3.63, 3.8) is 0 Å². The molecule has 0 saturated carbocycles. The molecule has 1 aliphatic rings. The maximum atomic E-state index is 13.3. The van der Waals surface area contributed by atoms with E-state index in [1.54, 1.807) is 0 Å². The van der Waals surface area contributed by atoms with Gasteiger partial charge >= 0.3 is 0 Å². The summed E-state index contributed by atoms with van der Waals surface area (Å²) in [6, 6.07) is 32.7. The predicted octanol–water partition coefficient (Wildman–Crippen LogP) is 6.62. The van der Waals surface area contributed by atoms with Gasteiger partial charge in [-0.1, -0.05) is 78.6 Å². The second-order valence-corrected chi connectivity index (χ2v) is 7.22. The first-order chi connectivity index (χ1) is 15.3. The van der Waals surface area contributed by atoms with Gasteiger partial charge in [0.05, 0.1) is 0 Å². The molecule has 0 amide bonds. The van der Waals surface area contributed by atoms with Crippen LogP contribution in [0, 0.1) is 11.8 Å². The molecule has 31 heavy (non-hydrogen) atoms. The van der Waals surface area contributed by atoms with E-state index in [9.17, 15) is 4.79 Å². The first kappa shape index (κ1) is 18.7. The van der Waals surface area contributed by atoms with Crippen LogP contribution in [0.2, 0.25) is 0 Å². The summed E-state index contributed by atoms with van der Waals surface area (Å²) in [7, 11) is 0. The Morgan fingerprint density at radius 3 is 2.13 bits per heavy atom. The number of para-hydroxylation sites is 1. The minimum absolute atomic E-state index is 0.0301. The number of carbonyl (C=O) groups is 1. The first-order valence-electron chi connectivity index (χ1n) is 10.1. The average molecular weight is 398 g/mol. The summed E-state index contributed by atoms with van der Waals surface area (Å²) in [6.07, 6.45) is 1.91. The van der Waals surface area contributed by atoms with Gasteiger partial charge in [-0.15, -0.1) is 0 Å². The number of ether oxygens (including phenoxy) is 1. The fourth-order valence-electron chi connectivity index (χ4n) is 3.55. The van der Waals surface area contributed by atoms with E-state index in [0.717, 1.165) is 22.3 Å². The van der Waals surface area contributed by atoms with E-state index in [2.05, 4.69) is 11.8 Å². The molecule has 0 N–H and O–H groups in total. The molecule has 1 aliphatic heterocycles. The molecule has 0 radical (unpaired) electrons. The van der Waals surface area contributed by atoms with E-state index in [4.69, 9.17) is 4.74 Å². The van der Waals surface area contributed by atoms with Gasteiger partial charge in [0.2, 0.25) is 0 Å². The van der Waals surface area contributed by atoms with E-state index < -0.39 is 0 Å². The van der Waals surface area contributed by atoms with Crippen LogP contribution in [0.15, 0.2) is 103 Å². The van der Waals surface area contributed by atoms with Gasteiger partial charge in [-0.05, 0) is 42.5 Å². The van der Waals surface area contributed by atoms with Gasteiger partial charge in [0.25, 0.3) is 0 Å². The summed E-state index contributed by atoms with van der Waals surface area (Å²) in [6.45, 7) is 0. The lowest BCUT2D eigenvalue weighted by molar-refractivity contribution is 0.105. The van der Waals surface area contributed by atoms with E-state index in [-0.39, 0.29) is 5.78 Å². The normalized spacial score (nSPS) is 11.5. The smallest absolute Gasteiger partial charge is 0.193 e. The molecular weight excluding hydrogens is 380 g/mol. The number of benzene rings is 4. The third-order valence-electron chi connectivity index (χ3n) is 5.12. The van der Waals surface area contributed by atoms with Gasteiger partial charge in [0.1, 0.15) is 11.5 Å². The molecule has 2 nitrogen and oxygen atoms in total. The van der Waals surface area contributed by atoms with Crippen LogP contribution in [0.25, 0.3) is 11.6 Å². The van der Waals surface area contributed by atoms with Crippen molar-refractivity contribution in [2.75, 3.05) is 0 Å². The molecular formula is C29H18O2. The molecule has 0 bridgehead atoms. The molecule has 0 saturated heterocycles. The van der Waals surface area contributed by atoms with Crippen molar-refractivity contribution in [2.24, 2.45) is 0 Å². The second kappa shape index (κ2) is 8.18. The van der Waals surface area contributed by atoms with E-state index >= 15 is 0 Å². The van der Waals surface area contributed by atoms with Crippen molar-refractivity contribution in [2.45, 2.75) is 0 Å². The molecule has 146 valence electrons. The minimum Gasteiger partial charge on any atom is -0.456 e. The highest BCUT2D eigenvalue weighted by atomic mass is 16.5. The predicted molar refractivity (Wildman–Crippen MR) is 124 cm³/mol. The van der Waals surface area contributed by atoms with Crippen molar-refractivity contribution < 1.29 is 9.53 Å². The molecule has 0 atom stereocenters. The largest absolute Gasteiger partial charge is 0.456 e.